The van der Waals surface area contributed by atoms with Crippen LogP contribution in [-0.4, -0.2) is 6.10 Å². The van der Waals surface area contributed by atoms with Gasteiger partial charge >= 0.3 is 0 Å². The lowest BCUT2D eigenvalue weighted by Gasteiger charge is -2.21. The Balaban J connectivity index is 1.59. The first kappa shape index (κ1) is 23.2. The molecular weight excluding hydrogens is 388 g/mol. The Morgan fingerprint density at radius 1 is 0.900 bits per heavy atom. The van der Waals surface area contributed by atoms with E-state index in [-0.39, 0.29) is 6.10 Å². The Morgan fingerprint density at radius 3 is 2.30 bits per heavy atom. The molecule has 1 nitrogen and oxygen atoms in total. The van der Waals surface area contributed by atoms with Crippen LogP contribution in [0.25, 0.3) is 11.1 Å². The summed E-state index contributed by atoms with van der Waals surface area (Å²) >= 11 is 6.60. The molecular formula is C28H39ClO. The fraction of sp³-hybridized carbons (Fsp3) is 0.571. The fourth-order valence-electron chi connectivity index (χ4n) is 4.68. The Bertz CT molecular complexity index is 746. The van der Waals surface area contributed by atoms with E-state index in [0.29, 0.717) is 5.02 Å². The van der Waals surface area contributed by atoms with Gasteiger partial charge in [0.2, 0.25) is 0 Å². The quantitative estimate of drug-likeness (QED) is 0.347. The van der Waals surface area contributed by atoms with Crippen LogP contribution in [0.4, 0.5) is 0 Å². The van der Waals surface area contributed by atoms with Crippen molar-refractivity contribution < 1.29 is 4.74 Å². The predicted molar refractivity (Wildman–Crippen MR) is 131 cm³/mol. The van der Waals surface area contributed by atoms with Crippen molar-refractivity contribution in [1.82, 2.24) is 0 Å². The zero-order chi connectivity index (χ0) is 21.2. The molecule has 2 heteroatoms. The average molecular weight is 427 g/mol. The van der Waals surface area contributed by atoms with Crippen molar-refractivity contribution in [3.8, 4) is 16.9 Å². The van der Waals surface area contributed by atoms with Crippen molar-refractivity contribution >= 4 is 11.6 Å². The molecule has 0 bridgehead atoms. The van der Waals surface area contributed by atoms with Crippen LogP contribution in [0.3, 0.4) is 0 Å². The van der Waals surface area contributed by atoms with Gasteiger partial charge in [0.25, 0.3) is 0 Å². The Morgan fingerprint density at radius 2 is 1.63 bits per heavy atom. The first-order chi connectivity index (χ1) is 14.7. The van der Waals surface area contributed by atoms with Crippen molar-refractivity contribution in [3.05, 3.63) is 53.1 Å². The summed E-state index contributed by atoms with van der Waals surface area (Å²) in [6, 6.07) is 15.3. The van der Waals surface area contributed by atoms with Crippen molar-refractivity contribution in [1.29, 1.82) is 0 Å². The molecule has 2 aromatic carbocycles. The van der Waals surface area contributed by atoms with E-state index in [1.54, 1.807) is 0 Å². The van der Waals surface area contributed by atoms with E-state index in [4.69, 9.17) is 16.3 Å². The van der Waals surface area contributed by atoms with Crippen LogP contribution in [0.15, 0.2) is 42.5 Å². The summed E-state index contributed by atoms with van der Waals surface area (Å²) in [4.78, 5) is 0. The molecule has 1 unspecified atom stereocenters. The van der Waals surface area contributed by atoms with Gasteiger partial charge in [-0.3, -0.25) is 0 Å². The van der Waals surface area contributed by atoms with Crippen LogP contribution in [0.2, 0.25) is 5.02 Å². The number of benzene rings is 2. The first-order valence-corrected chi connectivity index (χ1v) is 12.6. The molecule has 0 spiro atoms. The van der Waals surface area contributed by atoms with Crippen LogP contribution < -0.4 is 4.74 Å². The third-order valence-corrected chi connectivity index (χ3v) is 6.86. The molecule has 0 saturated heterocycles. The number of aryl methyl sites for hydroxylation is 1. The predicted octanol–water partition coefficient (Wildman–Crippen LogP) is 9.26. The fourth-order valence-corrected chi connectivity index (χ4v) is 4.91. The van der Waals surface area contributed by atoms with E-state index in [0.717, 1.165) is 36.5 Å². The largest absolute Gasteiger partial charge is 0.489 e. The van der Waals surface area contributed by atoms with Gasteiger partial charge in [0.15, 0.2) is 0 Å². The molecule has 3 rings (SSSR count). The summed E-state index contributed by atoms with van der Waals surface area (Å²) in [7, 11) is 0. The van der Waals surface area contributed by atoms with Gasteiger partial charge in [-0.05, 0) is 60.4 Å². The molecule has 30 heavy (non-hydrogen) atoms. The number of ether oxygens (including phenoxy) is 1. The van der Waals surface area contributed by atoms with Crippen molar-refractivity contribution in [2.24, 2.45) is 5.92 Å². The minimum absolute atomic E-state index is 0.266. The maximum absolute atomic E-state index is 6.60. The lowest BCUT2D eigenvalue weighted by Crippen LogP contribution is -2.16. The molecule has 0 radical (unpaired) electrons. The second kappa shape index (κ2) is 12.4. The third-order valence-electron chi connectivity index (χ3n) is 6.57. The van der Waals surface area contributed by atoms with Crippen LogP contribution in [0, 0.1) is 5.92 Å². The van der Waals surface area contributed by atoms with Crippen molar-refractivity contribution in [2.75, 3.05) is 0 Å². The third kappa shape index (κ3) is 7.05. The second-order valence-electron chi connectivity index (χ2n) is 9.06. The molecule has 1 aliphatic carbocycles. The average Bonchev–Trinajstić information content (AvgIpc) is 2.78. The van der Waals surface area contributed by atoms with Gasteiger partial charge in [-0.15, -0.1) is 0 Å². The smallest absolute Gasteiger partial charge is 0.138 e. The first-order valence-electron chi connectivity index (χ1n) is 12.2. The standard InChI is InChI=1S/C28H39ClO/c1-3-5-12-26(9-4-2)30-28-20-19-25(21-27(28)29)24-17-15-23(16-18-24)14-13-22-10-7-6-8-11-22/h15-22,26H,3-14H2,1-2H3. The summed E-state index contributed by atoms with van der Waals surface area (Å²) < 4.78 is 6.26. The molecule has 0 aromatic heterocycles. The van der Waals surface area contributed by atoms with Gasteiger partial charge in [0.05, 0.1) is 11.1 Å². The molecule has 1 fully saturated rings. The van der Waals surface area contributed by atoms with Gasteiger partial charge in [0.1, 0.15) is 5.75 Å². The Hall–Kier alpha value is -1.47. The number of hydrogen-bond donors (Lipinski definition) is 0. The number of hydrogen-bond acceptors (Lipinski definition) is 1. The second-order valence-corrected chi connectivity index (χ2v) is 9.46. The Labute approximate surface area is 189 Å². The van der Waals surface area contributed by atoms with E-state index in [2.05, 4.69) is 50.2 Å². The highest BCUT2D eigenvalue weighted by molar-refractivity contribution is 6.32. The summed E-state index contributed by atoms with van der Waals surface area (Å²) in [6.45, 7) is 4.44. The van der Waals surface area contributed by atoms with Crippen LogP contribution in [0.5, 0.6) is 5.75 Å². The topological polar surface area (TPSA) is 9.23 Å². The highest BCUT2D eigenvalue weighted by Gasteiger charge is 2.14. The van der Waals surface area contributed by atoms with Gasteiger partial charge < -0.3 is 4.74 Å². The Kier molecular flexibility index (Phi) is 9.59. The summed E-state index contributed by atoms with van der Waals surface area (Å²) in [5.41, 5.74) is 3.83. The lowest BCUT2D eigenvalue weighted by atomic mass is 9.85. The molecule has 0 N–H and O–H groups in total. The molecule has 1 atom stereocenters. The van der Waals surface area contributed by atoms with E-state index < -0.39 is 0 Å². The maximum Gasteiger partial charge on any atom is 0.138 e. The summed E-state index contributed by atoms with van der Waals surface area (Å²) in [5, 5.41) is 0.714. The molecule has 0 aliphatic heterocycles. The maximum atomic E-state index is 6.60. The van der Waals surface area contributed by atoms with E-state index >= 15 is 0 Å². The number of rotatable bonds is 11. The van der Waals surface area contributed by atoms with Crippen molar-refractivity contribution in [3.63, 3.8) is 0 Å². The number of halogens is 1. The van der Waals surface area contributed by atoms with Gasteiger partial charge in [0, 0.05) is 0 Å². The molecule has 2 aromatic rings. The van der Waals surface area contributed by atoms with Crippen LogP contribution in [-0.2, 0) is 6.42 Å². The summed E-state index contributed by atoms with van der Waals surface area (Å²) in [6.07, 6.45) is 15.7. The van der Waals surface area contributed by atoms with Crippen molar-refractivity contribution in [2.45, 2.75) is 97.0 Å². The normalized spacial score (nSPS) is 15.8. The monoisotopic (exact) mass is 426 g/mol. The van der Waals surface area contributed by atoms with E-state index in [1.807, 2.05) is 6.07 Å². The van der Waals surface area contributed by atoms with Crippen LogP contribution >= 0.6 is 11.6 Å². The molecule has 0 amide bonds. The molecule has 1 aliphatic rings. The summed E-state index contributed by atoms with van der Waals surface area (Å²) in [5.74, 6) is 1.76. The zero-order valence-electron chi connectivity index (χ0n) is 19.0. The SMILES string of the molecule is CCCCC(CCC)Oc1ccc(-c2ccc(CCC3CCCCC3)cc2)cc1Cl. The van der Waals surface area contributed by atoms with E-state index in [1.165, 1.54) is 68.9 Å². The number of unbranched alkanes of at least 4 members (excludes halogenated alkanes) is 1. The van der Waals surface area contributed by atoms with Gasteiger partial charge in [-0.25, -0.2) is 0 Å². The van der Waals surface area contributed by atoms with Gasteiger partial charge in [-0.2, -0.15) is 0 Å². The zero-order valence-corrected chi connectivity index (χ0v) is 19.7. The van der Waals surface area contributed by atoms with E-state index in [9.17, 15) is 0 Å². The highest BCUT2D eigenvalue weighted by atomic mass is 35.5. The van der Waals surface area contributed by atoms with Crippen LogP contribution in [0.1, 0.15) is 90.0 Å². The minimum Gasteiger partial charge on any atom is -0.489 e. The van der Waals surface area contributed by atoms with Gasteiger partial charge in [-0.1, -0.05) is 107 Å². The molecule has 0 heterocycles. The molecule has 1 saturated carbocycles. The highest BCUT2D eigenvalue weighted by Crippen LogP contribution is 2.33. The minimum atomic E-state index is 0.266. The lowest BCUT2D eigenvalue weighted by molar-refractivity contribution is 0.177. The molecule has 164 valence electrons.